The van der Waals surface area contributed by atoms with Crippen molar-refractivity contribution in [3.63, 3.8) is 0 Å². The van der Waals surface area contributed by atoms with Crippen LogP contribution in [0, 0.1) is 5.41 Å². The molecule has 0 unspecified atom stereocenters. The number of pyridine rings is 1. The van der Waals surface area contributed by atoms with Gasteiger partial charge in [-0.3, -0.25) is 0 Å². The number of aromatic nitrogens is 1. The summed E-state index contributed by atoms with van der Waals surface area (Å²) in [5, 5.41) is 12.0. The smallest absolute Gasteiger partial charge is 0.108 e. The second-order valence-electron chi connectivity index (χ2n) is 10.3. The van der Waals surface area contributed by atoms with Crippen LogP contribution >= 0.6 is 23.4 Å². The van der Waals surface area contributed by atoms with E-state index in [1.54, 1.807) is 0 Å². The molecule has 0 radical (unpaired) electrons. The second-order valence-corrected chi connectivity index (χ2v) is 11.9. The van der Waals surface area contributed by atoms with Gasteiger partial charge in [-0.2, -0.15) is 11.8 Å². The number of benzene rings is 3. The zero-order valence-electron chi connectivity index (χ0n) is 22.2. The van der Waals surface area contributed by atoms with Crippen LogP contribution in [0.1, 0.15) is 52.5 Å². The molecule has 1 aliphatic carbocycles. The molecule has 1 heterocycles. The lowest BCUT2D eigenvalue weighted by molar-refractivity contribution is -0.282. The minimum Gasteiger partial charge on any atom is -0.396 e. The minimum absolute atomic E-state index is 0.106. The summed E-state index contributed by atoms with van der Waals surface area (Å²) in [7, 11) is 1.54. The Balaban J connectivity index is 1.34. The lowest BCUT2D eigenvalue weighted by Gasteiger charge is -2.21. The molecule has 5 rings (SSSR count). The summed E-state index contributed by atoms with van der Waals surface area (Å²) in [6, 6.07) is 27.1. The molecule has 0 amide bonds. The molecule has 0 spiro atoms. The fourth-order valence-electron chi connectivity index (χ4n) is 4.74. The van der Waals surface area contributed by atoms with Crippen molar-refractivity contribution in [2.24, 2.45) is 5.41 Å². The molecule has 1 aromatic heterocycles. The number of aliphatic hydroxyl groups is 1. The van der Waals surface area contributed by atoms with Gasteiger partial charge in [0.2, 0.25) is 0 Å². The zero-order valence-corrected chi connectivity index (χ0v) is 23.8. The zero-order chi connectivity index (χ0) is 27.1. The average molecular weight is 560 g/mol. The van der Waals surface area contributed by atoms with Crippen molar-refractivity contribution < 1.29 is 14.9 Å². The molecule has 202 valence electrons. The highest BCUT2D eigenvalue weighted by molar-refractivity contribution is 7.99. The van der Waals surface area contributed by atoms with Crippen molar-refractivity contribution in [1.82, 2.24) is 4.98 Å². The third kappa shape index (κ3) is 7.50. The molecule has 1 N–H and O–H groups in total. The van der Waals surface area contributed by atoms with Crippen LogP contribution in [0.3, 0.4) is 0 Å². The number of hydrogen-bond donors (Lipinski definition) is 1. The van der Waals surface area contributed by atoms with E-state index >= 15 is 0 Å². The van der Waals surface area contributed by atoms with Crippen LogP contribution in [-0.4, -0.2) is 29.6 Å². The van der Waals surface area contributed by atoms with Crippen molar-refractivity contribution >= 4 is 46.4 Å². The molecule has 0 bridgehead atoms. The minimum atomic E-state index is 0.106. The molecule has 4 nitrogen and oxygen atoms in total. The molecule has 39 heavy (non-hydrogen) atoms. The largest absolute Gasteiger partial charge is 0.396 e. The van der Waals surface area contributed by atoms with Crippen LogP contribution in [0.5, 0.6) is 0 Å². The summed E-state index contributed by atoms with van der Waals surface area (Å²) in [4.78, 5) is 14.8. The summed E-state index contributed by atoms with van der Waals surface area (Å²) < 4.78 is 0. The number of thioether (sulfide) groups is 1. The maximum atomic E-state index is 9.91. The van der Waals surface area contributed by atoms with Crippen LogP contribution in [0.2, 0.25) is 5.02 Å². The van der Waals surface area contributed by atoms with E-state index in [2.05, 4.69) is 60.7 Å². The van der Waals surface area contributed by atoms with Crippen molar-refractivity contribution in [1.29, 1.82) is 0 Å². The molecule has 0 aliphatic heterocycles. The average Bonchev–Trinajstić information content (AvgIpc) is 3.75. The van der Waals surface area contributed by atoms with E-state index in [-0.39, 0.29) is 12.0 Å². The number of fused-ring (bicyclic) bond motifs is 1. The van der Waals surface area contributed by atoms with Gasteiger partial charge in [-0.1, -0.05) is 78.3 Å². The summed E-state index contributed by atoms with van der Waals surface area (Å²) in [5.74, 6) is 0.978. The second kappa shape index (κ2) is 13.1. The van der Waals surface area contributed by atoms with Gasteiger partial charge in [0, 0.05) is 33.4 Å². The van der Waals surface area contributed by atoms with Gasteiger partial charge < -0.3 is 5.11 Å². The SMILES string of the molecule is COOCc1ccccc1CC[C@@H](SCC1(CO)CC1)c1cccc(/C=C/c2ccc3ccc(Cl)cc3n2)c1. The Kier molecular flexibility index (Phi) is 9.38. The molecule has 1 fully saturated rings. The van der Waals surface area contributed by atoms with E-state index in [1.165, 1.54) is 18.2 Å². The van der Waals surface area contributed by atoms with E-state index in [9.17, 15) is 5.11 Å². The number of aliphatic hydroxyl groups excluding tert-OH is 1. The highest BCUT2D eigenvalue weighted by Crippen LogP contribution is 2.50. The van der Waals surface area contributed by atoms with Gasteiger partial charge in [-0.25, -0.2) is 14.8 Å². The molecule has 6 heteroatoms. The standard InChI is InChI=1S/C33H34ClNO3S/c1-37-38-21-28-7-3-2-6-25(28)12-16-32(39-23-33(22-36)17-18-33)27-8-4-5-24(19-27)9-14-30-15-11-26-10-13-29(34)20-31(26)35-30/h2-11,13-15,19-20,32,36H,12,16-18,21-23H2,1H3/b14-9+/t32-/m1/s1. The first kappa shape index (κ1) is 27.9. The van der Waals surface area contributed by atoms with E-state index in [4.69, 9.17) is 26.4 Å². The lowest BCUT2D eigenvalue weighted by atomic mass is 9.99. The van der Waals surface area contributed by atoms with E-state index in [0.717, 1.165) is 59.2 Å². The predicted molar refractivity (Wildman–Crippen MR) is 163 cm³/mol. The number of halogens is 1. The number of hydrogen-bond acceptors (Lipinski definition) is 5. The van der Waals surface area contributed by atoms with Crippen LogP contribution < -0.4 is 0 Å². The fraction of sp³-hybridized carbons (Fsp3) is 0.303. The van der Waals surface area contributed by atoms with E-state index in [0.29, 0.717) is 16.9 Å². The highest BCUT2D eigenvalue weighted by atomic mass is 35.5. The Bertz CT molecular complexity index is 1440. The van der Waals surface area contributed by atoms with Crippen LogP contribution in [-0.2, 0) is 22.8 Å². The lowest BCUT2D eigenvalue weighted by Crippen LogP contribution is -2.11. The third-order valence-electron chi connectivity index (χ3n) is 7.41. The molecular weight excluding hydrogens is 526 g/mol. The maximum absolute atomic E-state index is 9.91. The summed E-state index contributed by atoms with van der Waals surface area (Å²) in [5.41, 5.74) is 6.77. The molecule has 3 aromatic carbocycles. The Labute approximate surface area is 240 Å². The molecule has 1 atom stereocenters. The Hall–Kier alpha value is -2.67. The Morgan fingerprint density at radius 3 is 2.62 bits per heavy atom. The Morgan fingerprint density at radius 1 is 1.00 bits per heavy atom. The van der Waals surface area contributed by atoms with Crippen molar-refractivity contribution in [3.05, 3.63) is 112 Å². The highest BCUT2D eigenvalue weighted by Gasteiger charge is 2.42. The van der Waals surface area contributed by atoms with Gasteiger partial charge in [0.25, 0.3) is 0 Å². The summed E-state index contributed by atoms with van der Waals surface area (Å²) >= 11 is 8.14. The molecule has 4 aromatic rings. The van der Waals surface area contributed by atoms with Crippen LogP contribution in [0.25, 0.3) is 23.1 Å². The van der Waals surface area contributed by atoms with Gasteiger partial charge in [0.1, 0.15) is 6.61 Å². The van der Waals surface area contributed by atoms with Crippen molar-refractivity contribution in [2.45, 2.75) is 37.5 Å². The monoisotopic (exact) mass is 559 g/mol. The molecular formula is C33H34ClNO3S. The number of aryl methyl sites for hydroxylation is 1. The van der Waals surface area contributed by atoms with Crippen molar-refractivity contribution in [2.75, 3.05) is 19.5 Å². The van der Waals surface area contributed by atoms with Gasteiger partial charge >= 0.3 is 0 Å². The molecule has 1 saturated carbocycles. The first-order valence-corrected chi connectivity index (χ1v) is 14.8. The fourth-order valence-corrected chi connectivity index (χ4v) is 6.47. The summed E-state index contributed by atoms with van der Waals surface area (Å²) in [6.45, 7) is 0.712. The normalized spacial score (nSPS) is 15.2. The quantitative estimate of drug-likeness (QED) is 0.132. The maximum Gasteiger partial charge on any atom is 0.108 e. The Morgan fingerprint density at radius 2 is 1.82 bits per heavy atom. The number of nitrogens with zero attached hydrogens (tertiary/aromatic N) is 1. The number of rotatable bonds is 13. The van der Waals surface area contributed by atoms with E-state index < -0.39 is 0 Å². The first-order valence-electron chi connectivity index (χ1n) is 13.4. The first-order chi connectivity index (χ1) is 19.1. The van der Waals surface area contributed by atoms with Crippen molar-refractivity contribution in [3.8, 4) is 0 Å². The van der Waals surface area contributed by atoms with Gasteiger partial charge in [-0.05, 0) is 72.2 Å². The molecule has 1 aliphatic rings. The van der Waals surface area contributed by atoms with Gasteiger partial charge in [0.05, 0.1) is 18.3 Å². The van der Waals surface area contributed by atoms with Gasteiger partial charge in [-0.15, -0.1) is 0 Å². The molecule has 0 saturated heterocycles. The van der Waals surface area contributed by atoms with Gasteiger partial charge in [0.15, 0.2) is 0 Å². The van der Waals surface area contributed by atoms with E-state index in [1.807, 2.05) is 42.1 Å². The summed E-state index contributed by atoms with van der Waals surface area (Å²) in [6.07, 6.45) is 8.35. The third-order valence-corrected chi connectivity index (χ3v) is 9.34. The van der Waals surface area contributed by atoms with Crippen LogP contribution in [0.15, 0.2) is 78.9 Å². The predicted octanol–water partition coefficient (Wildman–Crippen LogP) is 8.32. The topological polar surface area (TPSA) is 51.6 Å². The van der Waals surface area contributed by atoms with Crippen LogP contribution in [0.4, 0.5) is 0 Å².